The lowest BCUT2D eigenvalue weighted by molar-refractivity contribution is 0.0990. The minimum absolute atomic E-state index is 0.0268. The Morgan fingerprint density at radius 1 is 1.21 bits per heavy atom. The second-order valence-corrected chi connectivity index (χ2v) is 7.13. The maximum Gasteiger partial charge on any atom is 0.264 e. The number of carbonyl (C=O) groups is 1. The van der Waals surface area contributed by atoms with E-state index in [2.05, 4.69) is 32.1 Å². The van der Waals surface area contributed by atoms with E-state index in [0.717, 1.165) is 28.0 Å². The SMILES string of the molecule is Cc1cc(C)n2nc(C)c(C(=O)N3CCc4cc(Br)ccc43)c2n1. The van der Waals surface area contributed by atoms with Crippen molar-refractivity contribution in [3.63, 3.8) is 0 Å². The Kier molecular flexibility index (Phi) is 3.46. The molecule has 0 atom stereocenters. The number of aryl methyl sites for hydroxylation is 3. The van der Waals surface area contributed by atoms with Crippen LogP contribution < -0.4 is 4.90 Å². The van der Waals surface area contributed by atoms with E-state index in [1.54, 1.807) is 4.52 Å². The molecule has 0 bridgehead atoms. The van der Waals surface area contributed by atoms with E-state index in [1.807, 2.05) is 43.9 Å². The van der Waals surface area contributed by atoms with Crippen molar-refractivity contribution in [1.82, 2.24) is 14.6 Å². The maximum absolute atomic E-state index is 13.2. The fourth-order valence-corrected chi connectivity index (χ4v) is 3.80. The van der Waals surface area contributed by atoms with Crippen LogP contribution in [0.2, 0.25) is 0 Å². The van der Waals surface area contributed by atoms with E-state index in [1.165, 1.54) is 5.56 Å². The molecule has 0 saturated carbocycles. The van der Waals surface area contributed by atoms with Crippen molar-refractivity contribution in [2.45, 2.75) is 27.2 Å². The van der Waals surface area contributed by atoms with Crippen molar-refractivity contribution in [1.29, 1.82) is 0 Å². The number of halogens is 1. The van der Waals surface area contributed by atoms with E-state index in [9.17, 15) is 4.79 Å². The van der Waals surface area contributed by atoms with Gasteiger partial charge in [-0.2, -0.15) is 5.10 Å². The predicted molar refractivity (Wildman–Crippen MR) is 96.7 cm³/mol. The maximum atomic E-state index is 13.2. The summed E-state index contributed by atoms with van der Waals surface area (Å²) in [4.78, 5) is 19.6. The smallest absolute Gasteiger partial charge is 0.264 e. The highest BCUT2D eigenvalue weighted by Crippen LogP contribution is 2.32. The average Bonchev–Trinajstić information content (AvgIpc) is 3.07. The summed E-state index contributed by atoms with van der Waals surface area (Å²) >= 11 is 3.49. The van der Waals surface area contributed by atoms with Gasteiger partial charge in [-0.3, -0.25) is 4.79 Å². The van der Waals surface area contributed by atoms with Crippen LogP contribution in [0.4, 0.5) is 5.69 Å². The first kappa shape index (κ1) is 15.3. The monoisotopic (exact) mass is 384 g/mol. The summed E-state index contributed by atoms with van der Waals surface area (Å²) in [6, 6.07) is 8.02. The van der Waals surface area contributed by atoms with Gasteiger partial charge in [-0.15, -0.1) is 0 Å². The van der Waals surface area contributed by atoms with E-state index >= 15 is 0 Å². The summed E-state index contributed by atoms with van der Waals surface area (Å²) in [5.74, 6) is -0.0268. The first-order chi connectivity index (χ1) is 11.5. The number of hydrogen-bond donors (Lipinski definition) is 0. The largest absolute Gasteiger partial charge is 0.308 e. The molecule has 2 aromatic heterocycles. The van der Waals surface area contributed by atoms with Gasteiger partial charge in [0.25, 0.3) is 5.91 Å². The van der Waals surface area contributed by atoms with Gasteiger partial charge in [0.15, 0.2) is 5.65 Å². The number of amides is 1. The lowest BCUT2D eigenvalue weighted by atomic mass is 10.1. The van der Waals surface area contributed by atoms with Crippen LogP contribution >= 0.6 is 15.9 Å². The Bertz CT molecular complexity index is 992. The molecule has 4 rings (SSSR count). The number of benzene rings is 1. The summed E-state index contributed by atoms with van der Waals surface area (Å²) in [7, 11) is 0. The molecular weight excluding hydrogens is 368 g/mol. The number of anilines is 1. The number of rotatable bonds is 1. The summed E-state index contributed by atoms with van der Waals surface area (Å²) < 4.78 is 2.80. The van der Waals surface area contributed by atoms with Gasteiger partial charge in [0.2, 0.25) is 0 Å². The van der Waals surface area contributed by atoms with Gasteiger partial charge < -0.3 is 4.90 Å². The zero-order chi connectivity index (χ0) is 17.0. The molecule has 0 saturated heterocycles. The molecule has 24 heavy (non-hydrogen) atoms. The van der Waals surface area contributed by atoms with Gasteiger partial charge in [-0.1, -0.05) is 15.9 Å². The average molecular weight is 385 g/mol. The predicted octanol–water partition coefficient (Wildman–Crippen LogP) is 3.62. The third-order valence-electron chi connectivity index (χ3n) is 4.47. The molecule has 1 aliphatic rings. The molecule has 1 aliphatic heterocycles. The Morgan fingerprint density at radius 3 is 2.79 bits per heavy atom. The minimum atomic E-state index is -0.0268. The zero-order valence-corrected chi connectivity index (χ0v) is 15.4. The third-order valence-corrected chi connectivity index (χ3v) is 4.96. The van der Waals surface area contributed by atoms with Crippen LogP contribution in [0.15, 0.2) is 28.7 Å². The standard InChI is InChI=1S/C18H17BrN4O/c1-10-8-11(2)23-17(20-10)16(12(3)21-23)18(24)22-7-6-13-9-14(19)4-5-15(13)22/h4-5,8-9H,6-7H2,1-3H3. The molecule has 5 nitrogen and oxygen atoms in total. The van der Waals surface area contributed by atoms with Crippen molar-refractivity contribution >= 4 is 33.2 Å². The van der Waals surface area contributed by atoms with E-state index in [0.29, 0.717) is 23.4 Å². The van der Waals surface area contributed by atoms with Crippen molar-refractivity contribution in [2.24, 2.45) is 0 Å². The molecule has 0 aliphatic carbocycles. The molecular formula is C18H17BrN4O. The normalized spacial score (nSPS) is 13.6. The van der Waals surface area contributed by atoms with Crippen LogP contribution in [0, 0.1) is 20.8 Å². The van der Waals surface area contributed by atoms with Crippen molar-refractivity contribution in [2.75, 3.05) is 11.4 Å². The lowest BCUT2D eigenvalue weighted by Crippen LogP contribution is -2.29. The number of aromatic nitrogens is 3. The Labute approximate surface area is 148 Å². The van der Waals surface area contributed by atoms with Crippen LogP contribution in [0.25, 0.3) is 5.65 Å². The molecule has 0 N–H and O–H groups in total. The van der Waals surface area contributed by atoms with Crippen molar-refractivity contribution in [3.05, 3.63) is 56.9 Å². The van der Waals surface area contributed by atoms with Crippen LogP contribution in [0.1, 0.15) is 33.0 Å². The number of carbonyl (C=O) groups excluding carboxylic acids is 1. The summed E-state index contributed by atoms with van der Waals surface area (Å²) in [5, 5.41) is 4.52. The topological polar surface area (TPSA) is 50.5 Å². The molecule has 3 heterocycles. The summed E-state index contributed by atoms with van der Waals surface area (Å²) in [5.41, 5.74) is 5.98. The molecule has 1 amide bonds. The first-order valence-corrected chi connectivity index (χ1v) is 8.69. The van der Waals surface area contributed by atoms with Crippen LogP contribution in [0.5, 0.6) is 0 Å². The molecule has 3 aromatic rings. The van der Waals surface area contributed by atoms with Crippen molar-refractivity contribution < 1.29 is 4.79 Å². The Morgan fingerprint density at radius 2 is 2.00 bits per heavy atom. The Hall–Kier alpha value is -2.21. The van der Waals surface area contributed by atoms with Crippen LogP contribution in [-0.4, -0.2) is 27.0 Å². The molecule has 1 aromatic carbocycles. The Balaban J connectivity index is 1.85. The van der Waals surface area contributed by atoms with Gasteiger partial charge in [0, 0.05) is 28.1 Å². The minimum Gasteiger partial charge on any atom is -0.308 e. The first-order valence-electron chi connectivity index (χ1n) is 7.89. The molecule has 122 valence electrons. The third kappa shape index (κ3) is 2.24. The van der Waals surface area contributed by atoms with E-state index < -0.39 is 0 Å². The fraction of sp³-hybridized carbons (Fsp3) is 0.278. The summed E-state index contributed by atoms with van der Waals surface area (Å²) in [6.45, 7) is 6.47. The van der Waals surface area contributed by atoms with Gasteiger partial charge in [0.05, 0.1) is 5.69 Å². The lowest BCUT2D eigenvalue weighted by Gasteiger charge is -2.17. The molecule has 0 radical (unpaired) electrons. The zero-order valence-electron chi connectivity index (χ0n) is 13.8. The second-order valence-electron chi connectivity index (χ2n) is 6.21. The molecule has 6 heteroatoms. The number of fused-ring (bicyclic) bond motifs is 2. The number of nitrogens with zero attached hydrogens (tertiary/aromatic N) is 4. The van der Waals surface area contributed by atoms with Crippen molar-refractivity contribution in [3.8, 4) is 0 Å². The van der Waals surface area contributed by atoms with Gasteiger partial charge in [-0.25, -0.2) is 9.50 Å². The molecule has 0 spiro atoms. The fourth-order valence-electron chi connectivity index (χ4n) is 3.39. The number of hydrogen-bond acceptors (Lipinski definition) is 3. The van der Waals surface area contributed by atoms with E-state index in [-0.39, 0.29) is 5.91 Å². The van der Waals surface area contributed by atoms with Crippen LogP contribution in [0.3, 0.4) is 0 Å². The van der Waals surface area contributed by atoms with E-state index in [4.69, 9.17) is 0 Å². The van der Waals surface area contributed by atoms with Gasteiger partial charge >= 0.3 is 0 Å². The highest BCUT2D eigenvalue weighted by Gasteiger charge is 2.30. The highest BCUT2D eigenvalue weighted by molar-refractivity contribution is 9.10. The van der Waals surface area contributed by atoms with Crippen LogP contribution in [-0.2, 0) is 6.42 Å². The summed E-state index contributed by atoms with van der Waals surface area (Å²) in [6.07, 6.45) is 0.865. The van der Waals surface area contributed by atoms with Gasteiger partial charge in [0.1, 0.15) is 5.56 Å². The quantitative estimate of drug-likeness (QED) is 0.643. The second kappa shape index (κ2) is 5.41. The highest BCUT2D eigenvalue weighted by atomic mass is 79.9. The van der Waals surface area contributed by atoms with Gasteiger partial charge in [-0.05, 0) is 57.0 Å². The molecule has 0 unspecified atom stereocenters. The molecule has 0 fully saturated rings.